The van der Waals surface area contributed by atoms with Gasteiger partial charge in [0.1, 0.15) is 6.07 Å². The van der Waals surface area contributed by atoms with Crippen molar-refractivity contribution in [1.82, 2.24) is 15.1 Å². The van der Waals surface area contributed by atoms with Gasteiger partial charge in [0.2, 0.25) is 0 Å². The molecule has 0 N–H and O–H groups in total. The zero-order chi connectivity index (χ0) is 17.5. The number of aromatic nitrogens is 2. The van der Waals surface area contributed by atoms with Crippen LogP contribution in [0.3, 0.4) is 0 Å². The van der Waals surface area contributed by atoms with Crippen molar-refractivity contribution in [3.8, 4) is 6.07 Å². The minimum atomic E-state index is -0.602. The predicted octanol–water partition coefficient (Wildman–Crippen LogP) is 2.41. The molecule has 1 fully saturated rings. The maximum absolute atomic E-state index is 12.6. The molecule has 1 aromatic rings. The van der Waals surface area contributed by atoms with Crippen LogP contribution in [0, 0.1) is 22.2 Å². The Morgan fingerprint density at radius 1 is 1.46 bits per heavy atom. The van der Waals surface area contributed by atoms with E-state index in [-0.39, 0.29) is 28.4 Å². The molecule has 2 aliphatic rings. The average Bonchev–Trinajstić information content (AvgIpc) is 2.93. The second-order valence-electron chi connectivity index (χ2n) is 7.16. The highest BCUT2D eigenvalue weighted by Gasteiger charge is 2.49. The Balaban J connectivity index is 1.87. The molecule has 3 rings (SSSR count). The van der Waals surface area contributed by atoms with Crippen molar-refractivity contribution in [3.63, 3.8) is 0 Å². The van der Waals surface area contributed by atoms with E-state index in [0.717, 1.165) is 0 Å². The molecule has 1 aliphatic heterocycles. The molecule has 124 valence electrons. The fourth-order valence-corrected chi connectivity index (χ4v) is 3.92. The van der Waals surface area contributed by atoms with Gasteiger partial charge in [-0.2, -0.15) is 10.4 Å². The molecular formula is C17H17ClN4O2. The molecule has 1 spiro atoms. The van der Waals surface area contributed by atoms with Gasteiger partial charge < -0.3 is 4.90 Å². The Morgan fingerprint density at radius 2 is 2.21 bits per heavy atom. The SMILES string of the molecule is CC1(C)CC2(C=C(C#N)C1=O)CCN(C(=O)c1cc(Cl)cnn1)C2. The number of Topliss-reactive ketones (excluding diaryl/α,β-unsaturated/α-hetero) is 1. The first kappa shape index (κ1) is 16.6. The van der Waals surface area contributed by atoms with Gasteiger partial charge >= 0.3 is 0 Å². The molecule has 7 heteroatoms. The molecule has 1 amide bonds. The summed E-state index contributed by atoms with van der Waals surface area (Å²) in [6, 6.07) is 3.50. The topological polar surface area (TPSA) is 87.0 Å². The van der Waals surface area contributed by atoms with E-state index in [9.17, 15) is 14.9 Å². The van der Waals surface area contributed by atoms with Crippen LogP contribution < -0.4 is 0 Å². The van der Waals surface area contributed by atoms with E-state index in [1.807, 2.05) is 19.9 Å². The van der Waals surface area contributed by atoms with Crippen LogP contribution in [0.5, 0.6) is 0 Å². The summed E-state index contributed by atoms with van der Waals surface area (Å²) in [5, 5.41) is 17.2. The summed E-state index contributed by atoms with van der Waals surface area (Å²) in [7, 11) is 0. The van der Waals surface area contributed by atoms with Gasteiger partial charge in [-0.1, -0.05) is 31.5 Å². The minimum Gasteiger partial charge on any atom is -0.336 e. The summed E-state index contributed by atoms with van der Waals surface area (Å²) in [5.74, 6) is -0.357. The predicted molar refractivity (Wildman–Crippen MR) is 87.1 cm³/mol. The number of carbonyl (C=O) groups is 2. The van der Waals surface area contributed by atoms with Gasteiger partial charge in [-0.05, 0) is 18.9 Å². The number of carbonyl (C=O) groups excluding carboxylic acids is 2. The second-order valence-corrected chi connectivity index (χ2v) is 7.59. The standard InChI is InChI=1S/C17H17ClN4O2/c1-16(2)9-17(6-11(7-19)14(16)23)3-4-22(10-17)15(24)13-5-12(18)8-20-21-13/h5-6,8H,3-4,9-10H2,1-2H3. The lowest BCUT2D eigenvalue weighted by atomic mass is 9.64. The largest absolute Gasteiger partial charge is 0.336 e. The number of nitrogens with zero attached hydrogens (tertiary/aromatic N) is 4. The number of amides is 1. The summed E-state index contributed by atoms with van der Waals surface area (Å²) >= 11 is 5.87. The molecular weight excluding hydrogens is 328 g/mol. The van der Waals surface area contributed by atoms with Crippen LogP contribution in [-0.2, 0) is 4.79 Å². The van der Waals surface area contributed by atoms with Crippen molar-refractivity contribution < 1.29 is 9.59 Å². The van der Waals surface area contributed by atoms with Crippen LogP contribution in [0.4, 0.5) is 0 Å². The second kappa shape index (κ2) is 5.67. The summed E-state index contributed by atoms with van der Waals surface area (Å²) in [5.41, 5.74) is -0.544. The van der Waals surface area contributed by atoms with E-state index >= 15 is 0 Å². The van der Waals surface area contributed by atoms with Crippen molar-refractivity contribution >= 4 is 23.3 Å². The van der Waals surface area contributed by atoms with Crippen molar-refractivity contribution in [2.45, 2.75) is 26.7 Å². The average molecular weight is 345 g/mol. The van der Waals surface area contributed by atoms with Crippen molar-refractivity contribution in [1.29, 1.82) is 5.26 Å². The van der Waals surface area contributed by atoms with Gasteiger partial charge in [0.05, 0.1) is 16.8 Å². The van der Waals surface area contributed by atoms with Crippen LogP contribution in [0.1, 0.15) is 37.2 Å². The van der Waals surface area contributed by atoms with Crippen molar-refractivity contribution in [2.75, 3.05) is 13.1 Å². The number of ketones is 1. The Bertz CT molecular complexity index is 796. The van der Waals surface area contributed by atoms with Crippen molar-refractivity contribution in [2.24, 2.45) is 10.8 Å². The highest BCUT2D eigenvalue weighted by Crippen LogP contribution is 2.48. The number of hydrogen-bond acceptors (Lipinski definition) is 5. The molecule has 1 unspecified atom stereocenters. The normalized spacial score (nSPS) is 25.5. The van der Waals surface area contributed by atoms with Crippen LogP contribution in [0.15, 0.2) is 23.9 Å². The summed E-state index contributed by atoms with van der Waals surface area (Å²) in [6.45, 7) is 4.72. The molecule has 1 aromatic heterocycles. The van der Waals surface area contributed by atoms with Crippen LogP contribution in [0.25, 0.3) is 0 Å². The monoisotopic (exact) mass is 344 g/mol. The third-order valence-corrected chi connectivity index (χ3v) is 4.94. The number of allylic oxidation sites excluding steroid dienone is 1. The Labute approximate surface area is 145 Å². The quantitative estimate of drug-likeness (QED) is 0.780. The Kier molecular flexibility index (Phi) is 3.92. The van der Waals surface area contributed by atoms with Crippen LogP contribution in [-0.4, -0.2) is 39.9 Å². The Morgan fingerprint density at radius 3 is 2.88 bits per heavy atom. The first-order chi connectivity index (χ1) is 11.3. The van der Waals surface area contributed by atoms with Gasteiger partial charge in [0, 0.05) is 23.9 Å². The Hall–Kier alpha value is -2.26. The number of halogens is 1. The molecule has 0 saturated carbocycles. The van der Waals surface area contributed by atoms with Gasteiger partial charge in [-0.15, -0.1) is 5.10 Å². The van der Waals surface area contributed by atoms with E-state index in [1.165, 1.54) is 12.3 Å². The highest BCUT2D eigenvalue weighted by molar-refractivity contribution is 6.30. The zero-order valence-corrected chi connectivity index (χ0v) is 14.3. The van der Waals surface area contributed by atoms with Gasteiger partial charge in [0.15, 0.2) is 11.5 Å². The van der Waals surface area contributed by atoms with E-state index in [0.29, 0.717) is 31.0 Å². The molecule has 2 heterocycles. The summed E-state index contributed by atoms with van der Waals surface area (Å²) < 4.78 is 0. The molecule has 0 radical (unpaired) electrons. The number of likely N-dealkylation sites (tertiary alicyclic amines) is 1. The fraction of sp³-hybridized carbons (Fsp3) is 0.471. The van der Waals surface area contributed by atoms with Crippen molar-refractivity contribution in [3.05, 3.63) is 34.6 Å². The van der Waals surface area contributed by atoms with Gasteiger partial charge in [-0.25, -0.2) is 0 Å². The smallest absolute Gasteiger partial charge is 0.274 e. The molecule has 1 aliphatic carbocycles. The van der Waals surface area contributed by atoms with E-state index in [4.69, 9.17) is 11.6 Å². The third-order valence-electron chi connectivity index (χ3n) is 4.74. The lowest BCUT2D eigenvalue weighted by Gasteiger charge is -2.38. The zero-order valence-electron chi connectivity index (χ0n) is 13.5. The van der Waals surface area contributed by atoms with Gasteiger partial charge in [0.25, 0.3) is 5.91 Å². The fourth-order valence-electron chi connectivity index (χ4n) is 3.77. The van der Waals surface area contributed by atoms with E-state index in [1.54, 1.807) is 11.0 Å². The van der Waals surface area contributed by atoms with Crippen LogP contribution in [0.2, 0.25) is 5.02 Å². The molecule has 24 heavy (non-hydrogen) atoms. The molecule has 0 aromatic carbocycles. The lowest BCUT2D eigenvalue weighted by molar-refractivity contribution is -0.125. The maximum Gasteiger partial charge on any atom is 0.274 e. The van der Waals surface area contributed by atoms with E-state index < -0.39 is 5.41 Å². The number of hydrogen-bond donors (Lipinski definition) is 0. The molecule has 1 atom stereocenters. The lowest BCUT2D eigenvalue weighted by Crippen LogP contribution is -2.40. The molecule has 1 saturated heterocycles. The summed E-state index contributed by atoms with van der Waals surface area (Å²) in [6.07, 6.45) is 4.47. The summed E-state index contributed by atoms with van der Waals surface area (Å²) in [4.78, 5) is 26.6. The van der Waals surface area contributed by atoms with E-state index in [2.05, 4.69) is 10.2 Å². The third kappa shape index (κ3) is 2.80. The minimum absolute atomic E-state index is 0.124. The number of nitriles is 1. The molecule has 6 nitrogen and oxygen atoms in total. The van der Waals surface area contributed by atoms with Gasteiger partial charge in [-0.3, -0.25) is 9.59 Å². The maximum atomic E-state index is 12.6. The first-order valence-corrected chi connectivity index (χ1v) is 8.09. The number of rotatable bonds is 1. The highest BCUT2D eigenvalue weighted by atomic mass is 35.5. The van der Waals surface area contributed by atoms with Crippen LogP contribution >= 0.6 is 11.6 Å². The molecule has 0 bridgehead atoms. The first-order valence-electron chi connectivity index (χ1n) is 7.72.